The number of halogens is 15. The van der Waals surface area contributed by atoms with Crippen LogP contribution in [-0.2, 0) is 14.3 Å². The quantitative estimate of drug-likeness (QED) is 0.187. The van der Waals surface area contributed by atoms with Crippen LogP contribution in [0.3, 0.4) is 0 Å². The molecule has 0 N–H and O–H groups in total. The van der Waals surface area contributed by atoms with E-state index in [1.54, 1.807) is 0 Å². The fourth-order valence-electron chi connectivity index (χ4n) is 2.96. The van der Waals surface area contributed by atoms with Crippen LogP contribution in [0.2, 0.25) is 0 Å². The Morgan fingerprint density at radius 3 is 1.39 bits per heavy atom. The molecule has 2 atom stereocenters. The SMILES string of the molecule is C=COCCCCOC(=O)C1(F)C(F)(C(F)(F)F)C(F)(F)C(F)(F)C(F)(F)C1(F)C(F)(F)F. The first-order valence-electron chi connectivity index (χ1n) is 8.21. The molecule has 0 radical (unpaired) electrons. The van der Waals surface area contributed by atoms with Gasteiger partial charge in [0.25, 0.3) is 0 Å². The van der Waals surface area contributed by atoms with Gasteiger partial charge in [-0.2, -0.15) is 52.7 Å². The minimum Gasteiger partial charge on any atom is -0.502 e. The zero-order valence-corrected chi connectivity index (χ0v) is 15.5. The molecule has 1 fully saturated rings. The average molecular weight is 524 g/mol. The van der Waals surface area contributed by atoms with Crippen molar-refractivity contribution in [2.24, 2.45) is 0 Å². The maximum atomic E-state index is 15.0. The van der Waals surface area contributed by atoms with Crippen LogP contribution < -0.4 is 0 Å². The number of rotatable bonds is 7. The number of carbonyl (C=O) groups is 1. The molecule has 0 spiro atoms. The minimum absolute atomic E-state index is 0.330. The van der Waals surface area contributed by atoms with E-state index in [1.165, 1.54) is 0 Å². The second-order valence-electron chi connectivity index (χ2n) is 6.57. The predicted molar refractivity (Wildman–Crippen MR) is 74.8 cm³/mol. The van der Waals surface area contributed by atoms with Gasteiger partial charge in [-0.05, 0) is 12.8 Å². The molecule has 0 heterocycles. The van der Waals surface area contributed by atoms with Crippen molar-refractivity contribution in [2.45, 2.75) is 60.0 Å². The van der Waals surface area contributed by atoms with Crippen LogP contribution in [0.25, 0.3) is 0 Å². The fraction of sp³-hybridized carbons (Fsp3) is 0.800. The van der Waals surface area contributed by atoms with E-state index < -0.39 is 66.1 Å². The highest BCUT2D eigenvalue weighted by atomic mass is 19.4. The van der Waals surface area contributed by atoms with Gasteiger partial charge in [-0.15, -0.1) is 0 Å². The first-order valence-corrected chi connectivity index (χ1v) is 8.21. The van der Waals surface area contributed by atoms with Crippen LogP contribution in [-0.4, -0.2) is 66.3 Å². The Balaban J connectivity index is 3.86. The van der Waals surface area contributed by atoms with Gasteiger partial charge in [0, 0.05) is 0 Å². The molecule has 0 bridgehead atoms. The molecule has 0 aliphatic heterocycles. The normalized spacial score (nSPS) is 33.3. The van der Waals surface area contributed by atoms with Crippen LogP contribution in [0.1, 0.15) is 12.8 Å². The zero-order valence-electron chi connectivity index (χ0n) is 15.5. The molecular weight excluding hydrogens is 513 g/mol. The van der Waals surface area contributed by atoms with Gasteiger partial charge in [0.2, 0.25) is 0 Å². The number of esters is 1. The highest BCUT2D eigenvalue weighted by Gasteiger charge is 3.09. The van der Waals surface area contributed by atoms with Gasteiger partial charge in [-0.1, -0.05) is 6.58 Å². The van der Waals surface area contributed by atoms with Gasteiger partial charge in [0.1, 0.15) is 0 Å². The minimum atomic E-state index is -8.18. The summed E-state index contributed by atoms with van der Waals surface area (Å²) in [4.78, 5) is 11.7. The lowest BCUT2D eigenvalue weighted by molar-refractivity contribution is -0.498. The average Bonchev–Trinajstić information content (AvgIpc) is 2.65. The molecule has 194 valence electrons. The Kier molecular flexibility index (Phi) is 7.05. The Labute approximate surface area is 173 Å². The number of carbonyl (C=O) groups excluding carboxylic acids is 1. The Hall–Kier alpha value is -2.04. The number of unbranched alkanes of at least 4 members (excludes halogenated alkanes) is 1. The van der Waals surface area contributed by atoms with E-state index in [0.29, 0.717) is 0 Å². The monoisotopic (exact) mass is 524 g/mol. The first-order chi connectivity index (χ1) is 14.5. The van der Waals surface area contributed by atoms with Gasteiger partial charge in [0.05, 0.1) is 19.5 Å². The summed E-state index contributed by atoms with van der Waals surface area (Å²) in [7, 11) is 0. The van der Waals surface area contributed by atoms with Crippen LogP contribution in [0, 0.1) is 0 Å². The smallest absolute Gasteiger partial charge is 0.432 e. The van der Waals surface area contributed by atoms with Crippen molar-refractivity contribution in [3.05, 3.63) is 12.8 Å². The number of hydrogen-bond donors (Lipinski definition) is 0. The molecule has 0 aromatic rings. The topological polar surface area (TPSA) is 35.5 Å². The summed E-state index contributed by atoms with van der Waals surface area (Å²) in [6.45, 7) is 1.13. The van der Waals surface area contributed by atoms with Crippen molar-refractivity contribution in [1.29, 1.82) is 0 Å². The lowest BCUT2D eigenvalue weighted by Gasteiger charge is -2.57. The van der Waals surface area contributed by atoms with Crippen molar-refractivity contribution >= 4 is 5.97 Å². The molecule has 18 heteroatoms. The summed E-state index contributed by atoms with van der Waals surface area (Å²) in [6.07, 6.45) is -16.2. The van der Waals surface area contributed by atoms with Gasteiger partial charge in [-0.25, -0.2) is 18.0 Å². The molecule has 0 saturated heterocycles. The number of hydrogen-bond acceptors (Lipinski definition) is 3. The maximum absolute atomic E-state index is 15.0. The van der Waals surface area contributed by atoms with E-state index in [2.05, 4.69) is 16.1 Å². The molecule has 0 aromatic carbocycles. The largest absolute Gasteiger partial charge is 0.502 e. The van der Waals surface area contributed by atoms with Crippen molar-refractivity contribution < 1.29 is 80.1 Å². The standard InChI is InChI=1S/C15H11F15O3/c1-2-32-5-3-4-6-33-7(31)8(16)9(17,14(25,26)27)11(19,20)13(23,24)12(21,22)10(8,18)15(28,29)30/h2H,1,3-6H2. The maximum Gasteiger partial charge on any atom is 0.432 e. The fourth-order valence-corrected chi connectivity index (χ4v) is 2.96. The highest BCUT2D eigenvalue weighted by Crippen LogP contribution is 2.74. The van der Waals surface area contributed by atoms with Crippen molar-refractivity contribution in [3.63, 3.8) is 0 Å². The zero-order chi connectivity index (χ0) is 26.5. The van der Waals surface area contributed by atoms with Gasteiger partial charge >= 0.3 is 53.1 Å². The summed E-state index contributed by atoms with van der Waals surface area (Å²) in [6, 6.07) is 0. The summed E-state index contributed by atoms with van der Waals surface area (Å²) < 4.78 is 213. The Morgan fingerprint density at radius 1 is 0.697 bits per heavy atom. The first kappa shape index (κ1) is 29.0. The van der Waals surface area contributed by atoms with E-state index >= 15 is 4.39 Å². The van der Waals surface area contributed by atoms with Gasteiger partial charge < -0.3 is 9.47 Å². The summed E-state index contributed by atoms with van der Waals surface area (Å²) in [5.41, 5.74) is -24.1. The van der Waals surface area contributed by atoms with Gasteiger partial charge in [0.15, 0.2) is 0 Å². The van der Waals surface area contributed by atoms with E-state index in [1.807, 2.05) is 0 Å². The molecule has 1 saturated carbocycles. The molecule has 0 amide bonds. The molecule has 1 aliphatic carbocycles. The molecule has 1 aliphatic rings. The van der Waals surface area contributed by atoms with Crippen LogP contribution in [0.5, 0.6) is 0 Å². The van der Waals surface area contributed by atoms with Crippen LogP contribution >= 0.6 is 0 Å². The lowest BCUT2D eigenvalue weighted by Crippen LogP contribution is -2.93. The van der Waals surface area contributed by atoms with Crippen LogP contribution in [0.4, 0.5) is 65.9 Å². The van der Waals surface area contributed by atoms with E-state index in [4.69, 9.17) is 0 Å². The van der Waals surface area contributed by atoms with E-state index in [9.17, 15) is 66.3 Å². The molecule has 1 rings (SSSR count). The summed E-state index contributed by atoms with van der Waals surface area (Å²) in [5, 5.41) is 0. The molecular formula is C15H11F15O3. The van der Waals surface area contributed by atoms with Crippen molar-refractivity contribution in [2.75, 3.05) is 13.2 Å². The second kappa shape index (κ2) is 8.02. The second-order valence-corrected chi connectivity index (χ2v) is 6.57. The lowest BCUT2D eigenvalue weighted by atomic mass is 9.59. The molecule has 2 unspecified atom stereocenters. The third-order valence-corrected chi connectivity index (χ3v) is 4.67. The van der Waals surface area contributed by atoms with Crippen LogP contribution in [0.15, 0.2) is 12.8 Å². The summed E-state index contributed by atoms with van der Waals surface area (Å²) >= 11 is 0. The highest BCUT2D eigenvalue weighted by molar-refractivity contribution is 5.85. The molecule has 33 heavy (non-hydrogen) atoms. The Morgan fingerprint density at radius 2 is 1.06 bits per heavy atom. The van der Waals surface area contributed by atoms with Crippen molar-refractivity contribution in [3.8, 4) is 0 Å². The van der Waals surface area contributed by atoms with E-state index in [-0.39, 0.29) is 13.0 Å². The van der Waals surface area contributed by atoms with E-state index in [0.717, 1.165) is 6.26 Å². The third kappa shape index (κ3) is 3.32. The Bertz CT molecular complexity index is 717. The van der Waals surface area contributed by atoms with Crippen molar-refractivity contribution in [1.82, 2.24) is 0 Å². The van der Waals surface area contributed by atoms with Gasteiger partial charge in [-0.3, -0.25) is 0 Å². The number of ether oxygens (including phenoxy) is 2. The predicted octanol–water partition coefficient (Wildman–Crippen LogP) is 5.64. The third-order valence-electron chi connectivity index (χ3n) is 4.67. The summed E-state index contributed by atoms with van der Waals surface area (Å²) in [5.74, 6) is -28.6. The molecule has 0 aromatic heterocycles. The molecule has 3 nitrogen and oxygen atoms in total. The number of alkyl halides is 15.